The largest absolute Gasteiger partial charge is 0.342 e. The molecule has 2 nitrogen and oxygen atoms in total. The lowest BCUT2D eigenvalue weighted by Crippen LogP contribution is -2.41. The zero-order valence-corrected chi connectivity index (χ0v) is 11.7. The number of rotatable bonds is 2. The Balaban J connectivity index is 1.95. The minimum Gasteiger partial charge on any atom is -0.342 e. The Bertz CT molecular complexity index is 426. The highest BCUT2D eigenvalue weighted by molar-refractivity contribution is 5.79. The molecule has 1 aromatic carbocycles. The van der Waals surface area contributed by atoms with E-state index in [1.165, 1.54) is 5.56 Å². The van der Waals surface area contributed by atoms with Gasteiger partial charge in [-0.2, -0.15) is 0 Å². The molecule has 1 saturated heterocycles. The molecule has 2 rings (SSSR count). The zero-order chi connectivity index (χ0) is 13.2. The molecular weight excluding hydrogens is 222 g/mol. The molecule has 0 atom stereocenters. The van der Waals surface area contributed by atoms with Gasteiger partial charge in [0.25, 0.3) is 0 Å². The summed E-state index contributed by atoms with van der Waals surface area (Å²) in [6, 6.07) is 8.16. The van der Waals surface area contributed by atoms with Crippen LogP contribution in [0.3, 0.4) is 0 Å². The van der Waals surface area contributed by atoms with E-state index >= 15 is 0 Å². The van der Waals surface area contributed by atoms with Gasteiger partial charge in [0.15, 0.2) is 0 Å². The Kier molecular flexibility index (Phi) is 3.74. The van der Waals surface area contributed by atoms with Gasteiger partial charge in [0.1, 0.15) is 0 Å². The molecule has 2 heteroatoms. The molecule has 0 bridgehead atoms. The third-order valence-electron chi connectivity index (χ3n) is 4.07. The predicted octanol–water partition coefficient (Wildman–Crippen LogP) is 3.19. The van der Waals surface area contributed by atoms with Crippen LogP contribution in [0.1, 0.15) is 37.8 Å². The molecule has 0 saturated carbocycles. The molecule has 1 aliphatic heterocycles. The fraction of sp³-hybridized carbons (Fsp3) is 0.562. The summed E-state index contributed by atoms with van der Waals surface area (Å²) in [5.74, 6) is 0.278. The van der Waals surface area contributed by atoms with Crippen LogP contribution in [-0.4, -0.2) is 23.9 Å². The van der Waals surface area contributed by atoms with Crippen molar-refractivity contribution in [1.29, 1.82) is 0 Å². The quantitative estimate of drug-likeness (QED) is 0.783. The lowest BCUT2D eigenvalue weighted by Gasteiger charge is -2.37. The maximum Gasteiger partial charge on any atom is 0.226 e. The van der Waals surface area contributed by atoms with Crippen molar-refractivity contribution in [3.63, 3.8) is 0 Å². The second kappa shape index (κ2) is 5.13. The summed E-state index contributed by atoms with van der Waals surface area (Å²) in [7, 11) is 0. The predicted molar refractivity (Wildman–Crippen MR) is 74.5 cm³/mol. The third-order valence-corrected chi connectivity index (χ3v) is 4.07. The minimum atomic E-state index is 0.278. The number of piperidine rings is 1. The maximum atomic E-state index is 12.3. The van der Waals surface area contributed by atoms with Gasteiger partial charge in [-0.1, -0.05) is 38.1 Å². The summed E-state index contributed by atoms with van der Waals surface area (Å²) in [4.78, 5) is 14.3. The number of carbonyl (C=O) groups excluding carboxylic acids is 1. The Labute approximate surface area is 110 Å². The van der Waals surface area contributed by atoms with Crippen LogP contribution in [-0.2, 0) is 11.2 Å². The normalized spacial score (nSPS) is 18.7. The van der Waals surface area contributed by atoms with Crippen LogP contribution in [0, 0.1) is 12.3 Å². The number of benzene rings is 1. The van der Waals surface area contributed by atoms with E-state index in [-0.39, 0.29) is 5.91 Å². The van der Waals surface area contributed by atoms with Crippen LogP contribution in [0.15, 0.2) is 24.3 Å². The molecule has 98 valence electrons. The fourth-order valence-electron chi connectivity index (χ4n) is 2.44. The minimum absolute atomic E-state index is 0.278. The average molecular weight is 245 g/mol. The van der Waals surface area contributed by atoms with E-state index in [4.69, 9.17) is 0 Å². The van der Waals surface area contributed by atoms with Gasteiger partial charge < -0.3 is 4.90 Å². The fourth-order valence-corrected chi connectivity index (χ4v) is 2.44. The second-order valence-electron chi connectivity index (χ2n) is 6.15. The first-order valence-electron chi connectivity index (χ1n) is 6.80. The zero-order valence-electron chi connectivity index (χ0n) is 11.7. The number of likely N-dealkylation sites (tertiary alicyclic amines) is 1. The van der Waals surface area contributed by atoms with E-state index in [2.05, 4.69) is 32.9 Å². The SMILES string of the molecule is Cc1ccccc1CC(=O)N1CCC(C)(C)CC1. The monoisotopic (exact) mass is 245 g/mol. The maximum absolute atomic E-state index is 12.3. The van der Waals surface area contributed by atoms with Gasteiger partial charge >= 0.3 is 0 Å². The number of nitrogens with zero attached hydrogens (tertiary/aromatic N) is 1. The van der Waals surface area contributed by atoms with Crippen molar-refractivity contribution >= 4 is 5.91 Å². The van der Waals surface area contributed by atoms with Gasteiger partial charge in [-0.3, -0.25) is 4.79 Å². The van der Waals surface area contributed by atoms with Crippen molar-refractivity contribution in [2.45, 2.75) is 40.0 Å². The lowest BCUT2D eigenvalue weighted by atomic mass is 9.82. The summed E-state index contributed by atoms with van der Waals surface area (Å²) >= 11 is 0. The Morgan fingerprint density at radius 3 is 2.44 bits per heavy atom. The molecule has 0 N–H and O–H groups in total. The molecule has 1 fully saturated rings. The first-order valence-corrected chi connectivity index (χ1v) is 6.80. The first-order chi connectivity index (χ1) is 8.48. The molecule has 1 aromatic rings. The molecule has 0 aliphatic carbocycles. The smallest absolute Gasteiger partial charge is 0.226 e. The van der Waals surface area contributed by atoms with Crippen molar-refractivity contribution in [2.75, 3.05) is 13.1 Å². The molecule has 1 amide bonds. The van der Waals surface area contributed by atoms with Crippen molar-refractivity contribution in [2.24, 2.45) is 5.41 Å². The summed E-state index contributed by atoms with van der Waals surface area (Å²) in [5.41, 5.74) is 2.77. The van der Waals surface area contributed by atoms with E-state index in [0.717, 1.165) is 31.5 Å². The van der Waals surface area contributed by atoms with Crippen LogP contribution in [0.5, 0.6) is 0 Å². The van der Waals surface area contributed by atoms with Crippen molar-refractivity contribution in [3.8, 4) is 0 Å². The molecular formula is C16H23NO. The second-order valence-corrected chi connectivity index (χ2v) is 6.15. The van der Waals surface area contributed by atoms with Crippen LogP contribution in [0.4, 0.5) is 0 Å². The molecule has 1 aliphatic rings. The van der Waals surface area contributed by atoms with Gasteiger partial charge in [0.05, 0.1) is 6.42 Å². The topological polar surface area (TPSA) is 20.3 Å². The van der Waals surface area contributed by atoms with E-state index in [1.807, 2.05) is 17.0 Å². The number of amides is 1. The summed E-state index contributed by atoms with van der Waals surface area (Å²) in [6.07, 6.45) is 2.78. The van der Waals surface area contributed by atoms with Crippen molar-refractivity contribution < 1.29 is 4.79 Å². The Morgan fingerprint density at radius 1 is 1.22 bits per heavy atom. The van der Waals surface area contributed by atoms with E-state index in [1.54, 1.807) is 0 Å². The van der Waals surface area contributed by atoms with E-state index in [0.29, 0.717) is 11.8 Å². The highest BCUT2D eigenvalue weighted by atomic mass is 16.2. The molecule has 0 unspecified atom stereocenters. The van der Waals surface area contributed by atoms with E-state index in [9.17, 15) is 4.79 Å². The standard InChI is InChI=1S/C16H23NO/c1-13-6-4-5-7-14(13)12-15(18)17-10-8-16(2,3)9-11-17/h4-7H,8-12H2,1-3H3. The molecule has 0 radical (unpaired) electrons. The molecule has 0 spiro atoms. The number of aryl methyl sites for hydroxylation is 1. The first kappa shape index (κ1) is 13.1. The summed E-state index contributed by atoms with van der Waals surface area (Å²) in [6.45, 7) is 8.48. The molecule has 1 heterocycles. The van der Waals surface area contributed by atoms with Crippen molar-refractivity contribution in [1.82, 2.24) is 4.90 Å². The molecule has 0 aromatic heterocycles. The number of carbonyl (C=O) groups is 1. The third kappa shape index (κ3) is 3.12. The average Bonchev–Trinajstić information content (AvgIpc) is 2.32. The van der Waals surface area contributed by atoms with Crippen LogP contribution < -0.4 is 0 Å². The number of hydrogen-bond acceptors (Lipinski definition) is 1. The Morgan fingerprint density at radius 2 is 1.83 bits per heavy atom. The van der Waals surface area contributed by atoms with Crippen LogP contribution in [0.25, 0.3) is 0 Å². The van der Waals surface area contributed by atoms with Crippen molar-refractivity contribution in [3.05, 3.63) is 35.4 Å². The summed E-state index contributed by atoms with van der Waals surface area (Å²) in [5, 5.41) is 0. The highest BCUT2D eigenvalue weighted by Gasteiger charge is 2.27. The Hall–Kier alpha value is -1.31. The molecule has 18 heavy (non-hydrogen) atoms. The highest BCUT2D eigenvalue weighted by Crippen LogP contribution is 2.29. The van der Waals surface area contributed by atoms with E-state index < -0.39 is 0 Å². The van der Waals surface area contributed by atoms with Gasteiger partial charge in [0, 0.05) is 13.1 Å². The van der Waals surface area contributed by atoms with Gasteiger partial charge in [0.2, 0.25) is 5.91 Å². The van der Waals surface area contributed by atoms with Crippen LogP contribution in [0.2, 0.25) is 0 Å². The van der Waals surface area contributed by atoms with Gasteiger partial charge in [-0.15, -0.1) is 0 Å². The van der Waals surface area contributed by atoms with Gasteiger partial charge in [-0.25, -0.2) is 0 Å². The van der Waals surface area contributed by atoms with Gasteiger partial charge in [-0.05, 0) is 36.3 Å². The lowest BCUT2D eigenvalue weighted by molar-refractivity contribution is -0.132. The number of hydrogen-bond donors (Lipinski definition) is 0. The van der Waals surface area contributed by atoms with Crippen LogP contribution >= 0.6 is 0 Å². The summed E-state index contributed by atoms with van der Waals surface area (Å²) < 4.78 is 0.